The van der Waals surface area contributed by atoms with E-state index in [9.17, 15) is 19.5 Å². The lowest BCUT2D eigenvalue weighted by molar-refractivity contribution is -0.149. The fourth-order valence-electron chi connectivity index (χ4n) is 7.82. The Bertz CT molecular complexity index is 952. The zero-order chi connectivity index (χ0) is 27.8. The number of carbonyl (C=O) groups excluding carboxylic acids is 3. The Morgan fingerprint density at radius 3 is 2.39 bits per heavy atom. The first-order chi connectivity index (χ1) is 18.1. The Balaban J connectivity index is 1.82. The van der Waals surface area contributed by atoms with E-state index in [4.69, 9.17) is 0 Å². The van der Waals surface area contributed by atoms with Gasteiger partial charge in [-0.1, -0.05) is 51.7 Å². The predicted molar refractivity (Wildman–Crippen MR) is 153 cm³/mol. The predicted octanol–water partition coefficient (Wildman–Crippen LogP) is 3.87. The number of thioether (sulfide) groups is 1. The molecule has 3 saturated heterocycles. The van der Waals surface area contributed by atoms with Crippen LogP contribution in [0.4, 0.5) is 0 Å². The molecule has 0 radical (unpaired) electrons. The summed E-state index contributed by atoms with van der Waals surface area (Å²) in [5, 5.41) is 10.6. The molecule has 3 aliphatic heterocycles. The van der Waals surface area contributed by atoms with E-state index in [-0.39, 0.29) is 36.3 Å². The van der Waals surface area contributed by atoms with Crippen molar-refractivity contribution < 1.29 is 19.5 Å². The second-order valence-electron chi connectivity index (χ2n) is 12.2. The lowest BCUT2D eigenvalue weighted by atomic mass is 9.66. The summed E-state index contributed by atoms with van der Waals surface area (Å²) in [6.45, 7) is 14.6. The number of amides is 3. The molecule has 2 unspecified atom stereocenters. The van der Waals surface area contributed by atoms with E-state index in [2.05, 4.69) is 20.1 Å². The Labute approximate surface area is 233 Å². The van der Waals surface area contributed by atoms with Crippen LogP contribution in [0.2, 0.25) is 0 Å². The number of likely N-dealkylation sites (tertiary alicyclic amines) is 1. The van der Waals surface area contributed by atoms with Crippen molar-refractivity contribution >= 4 is 29.5 Å². The summed E-state index contributed by atoms with van der Waals surface area (Å²) in [7, 11) is 1.76. The van der Waals surface area contributed by atoms with Crippen molar-refractivity contribution in [2.45, 2.75) is 99.8 Å². The fourth-order valence-corrected chi connectivity index (χ4v) is 10.1. The lowest BCUT2D eigenvalue weighted by Crippen LogP contribution is -2.60. The molecule has 3 heterocycles. The van der Waals surface area contributed by atoms with Crippen LogP contribution < -0.4 is 0 Å². The van der Waals surface area contributed by atoms with Gasteiger partial charge in [-0.25, -0.2) is 0 Å². The molecule has 7 atom stereocenters. The minimum atomic E-state index is -0.692. The highest BCUT2D eigenvalue weighted by atomic mass is 32.2. The maximum Gasteiger partial charge on any atom is 0.247 e. The van der Waals surface area contributed by atoms with Gasteiger partial charge in [0.25, 0.3) is 0 Å². The second kappa shape index (κ2) is 11.4. The molecule has 1 aliphatic carbocycles. The Morgan fingerprint density at radius 1 is 1.16 bits per heavy atom. The zero-order valence-corrected chi connectivity index (χ0v) is 24.5. The molecule has 1 N–H and O–H groups in total. The van der Waals surface area contributed by atoms with Gasteiger partial charge in [-0.15, -0.1) is 24.9 Å². The molecule has 1 spiro atoms. The molecule has 38 heavy (non-hydrogen) atoms. The van der Waals surface area contributed by atoms with Gasteiger partial charge in [0.15, 0.2) is 0 Å². The third-order valence-electron chi connectivity index (χ3n) is 9.96. The molecule has 0 aromatic heterocycles. The highest BCUT2D eigenvalue weighted by molar-refractivity contribution is 8.02. The van der Waals surface area contributed by atoms with Crippen LogP contribution in [0, 0.1) is 17.8 Å². The van der Waals surface area contributed by atoms with E-state index in [0.29, 0.717) is 13.1 Å². The normalized spacial score (nSPS) is 34.1. The maximum atomic E-state index is 14.7. The minimum absolute atomic E-state index is 0.0207. The van der Waals surface area contributed by atoms with Gasteiger partial charge in [0.1, 0.15) is 6.04 Å². The number of rotatable bonds is 11. The van der Waals surface area contributed by atoms with Crippen LogP contribution in [-0.4, -0.2) is 91.9 Å². The van der Waals surface area contributed by atoms with Gasteiger partial charge in [0.05, 0.1) is 29.2 Å². The summed E-state index contributed by atoms with van der Waals surface area (Å²) in [6.07, 6.45) is 11.1. The zero-order valence-electron chi connectivity index (χ0n) is 23.7. The summed E-state index contributed by atoms with van der Waals surface area (Å²) < 4.78 is -1.08. The maximum absolute atomic E-state index is 14.7. The first-order valence-corrected chi connectivity index (χ1v) is 15.3. The van der Waals surface area contributed by atoms with Crippen molar-refractivity contribution in [1.82, 2.24) is 14.7 Å². The first kappa shape index (κ1) is 29.2. The molecule has 212 valence electrons. The third kappa shape index (κ3) is 4.53. The van der Waals surface area contributed by atoms with Crippen molar-refractivity contribution in [1.29, 1.82) is 0 Å². The number of aliphatic hydroxyl groups is 1. The highest BCUT2D eigenvalue weighted by Gasteiger charge is 2.78. The number of hydrogen-bond donors (Lipinski definition) is 1. The van der Waals surface area contributed by atoms with Gasteiger partial charge in [-0.2, -0.15) is 0 Å². The van der Waals surface area contributed by atoms with E-state index < -0.39 is 33.4 Å². The average Bonchev–Trinajstić information content (AvgIpc) is 3.48. The monoisotopic (exact) mass is 545 g/mol. The smallest absolute Gasteiger partial charge is 0.247 e. The molecule has 2 bridgehead atoms. The van der Waals surface area contributed by atoms with E-state index in [1.807, 2.05) is 18.7 Å². The van der Waals surface area contributed by atoms with E-state index >= 15 is 0 Å². The second-order valence-corrected chi connectivity index (χ2v) is 14.1. The van der Waals surface area contributed by atoms with Crippen molar-refractivity contribution in [3.05, 3.63) is 25.3 Å². The molecular formula is C30H47N3O4S. The Kier molecular flexibility index (Phi) is 8.73. The standard InChI is InChI=1S/C30H47N3O4S/c1-7-17-31(6)26(35)23-24-27(36)33(22(19-34)20(4)9-3)25(30(24)16-15-29(23,5)38-30)28(37)32(18-8-2)21-13-11-10-12-14-21/h7-8,20-25,34H,1-2,9-19H2,3-6H3/t20-,22-,23-,24-,25?,29+,30?/m0/s1. The first-order valence-electron chi connectivity index (χ1n) is 14.5. The SMILES string of the molecule is C=CCN(C)C(=O)[C@@H]1[C@H]2C(=O)N([C@@H](CO)[C@@H](C)CC)C(C(=O)N(CC=C)C3CCCCC3)C23CC[C@@]1(C)S3. The van der Waals surface area contributed by atoms with Gasteiger partial charge >= 0.3 is 0 Å². The van der Waals surface area contributed by atoms with Crippen LogP contribution in [0.15, 0.2) is 25.3 Å². The number of nitrogens with zero attached hydrogens (tertiary/aromatic N) is 3. The topological polar surface area (TPSA) is 81.2 Å². The molecule has 0 aromatic rings. The number of hydrogen-bond acceptors (Lipinski definition) is 5. The number of carbonyl (C=O) groups is 3. The molecule has 4 fully saturated rings. The Morgan fingerprint density at radius 2 is 1.82 bits per heavy atom. The van der Waals surface area contributed by atoms with Crippen molar-refractivity contribution in [3.8, 4) is 0 Å². The summed E-state index contributed by atoms with van der Waals surface area (Å²) in [6, 6.07) is -1.02. The molecule has 0 aromatic carbocycles. The van der Waals surface area contributed by atoms with Crippen LogP contribution in [0.5, 0.6) is 0 Å². The van der Waals surface area contributed by atoms with E-state index in [1.165, 1.54) is 6.42 Å². The van der Waals surface area contributed by atoms with Gasteiger partial charge in [-0.05, 0) is 38.5 Å². The van der Waals surface area contributed by atoms with Crippen molar-refractivity contribution in [3.63, 3.8) is 0 Å². The average molecular weight is 546 g/mol. The van der Waals surface area contributed by atoms with Crippen molar-refractivity contribution in [2.24, 2.45) is 17.8 Å². The molecule has 7 nitrogen and oxygen atoms in total. The summed E-state index contributed by atoms with van der Waals surface area (Å²) in [5.41, 5.74) is 0. The number of fused-ring (bicyclic) bond motifs is 1. The lowest BCUT2D eigenvalue weighted by Gasteiger charge is -2.43. The summed E-state index contributed by atoms with van der Waals surface area (Å²) in [4.78, 5) is 48.5. The van der Waals surface area contributed by atoms with E-state index in [0.717, 1.165) is 44.9 Å². The molecule has 4 aliphatic rings. The molecule has 3 amide bonds. The van der Waals surface area contributed by atoms with Gasteiger partial charge in [0, 0.05) is 30.9 Å². The highest BCUT2D eigenvalue weighted by Crippen LogP contribution is 2.72. The fraction of sp³-hybridized carbons (Fsp3) is 0.767. The molecule has 8 heteroatoms. The quantitative estimate of drug-likeness (QED) is 0.399. The van der Waals surface area contributed by atoms with Gasteiger partial charge in [0.2, 0.25) is 17.7 Å². The van der Waals surface area contributed by atoms with Crippen LogP contribution in [-0.2, 0) is 14.4 Å². The largest absolute Gasteiger partial charge is 0.394 e. The molecular weight excluding hydrogens is 498 g/mol. The third-order valence-corrected chi connectivity index (χ3v) is 11.9. The van der Waals surface area contributed by atoms with Crippen LogP contribution in [0.25, 0.3) is 0 Å². The van der Waals surface area contributed by atoms with Crippen LogP contribution in [0.1, 0.15) is 72.1 Å². The van der Waals surface area contributed by atoms with Crippen LogP contribution in [0.3, 0.4) is 0 Å². The summed E-state index contributed by atoms with van der Waals surface area (Å²) in [5.74, 6) is -1.27. The van der Waals surface area contributed by atoms with Gasteiger partial charge in [-0.3, -0.25) is 14.4 Å². The summed E-state index contributed by atoms with van der Waals surface area (Å²) >= 11 is 1.71. The van der Waals surface area contributed by atoms with Gasteiger partial charge < -0.3 is 19.8 Å². The number of aliphatic hydroxyl groups excluding tert-OH is 1. The van der Waals surface area contributed by atoms with Crippen LogP contribution >= 0.6 is 11.8 Å². The Hall–Kier alpha value is -1.80. The minimum Gasteiger partial charge on any atom is -0.394 e. The molecule has 4 rings (SSSR count). The van der Waals surface area contributed by atoms with E-state index in [1.54, 1.807) is 40.8 Å². The van der Waals surface area contributed by atoms with Crippen molar-refractivity contribution in [2.75, 3.05) is 26.7 Å². The molecule has 1 saturated carbocycles. The number of likely N-dealkylation sites (N-methyl/N-ethyl adjacent to an activating group) is 1.